The van der Waals surface area contributed by atoms with Crippen LogP contribution in [0.3, 0.4) is 0 Å². The molecule has 0 fully saturated rings. The Kier molecular flexibility index (Phi) is 4.26. The van der Waals surface area contributed by atoms with Crippen LogP contribution in [0.2, 0.25) is 0 Å². The van der Waals surface area contributed by atoms with E-state index in [0.717, 1.165) is 0 Å². The molecule has 100 valence electrons. The number of aliphatic hydroxyl groups excluding tert-OH is 2. The molecule has 0 saturated heterocycles. The minimum absolute atomic E-state index is 0.00928. The molecule has 0 spiro atoms. The molecule has 0 heterocycles. The van der Waals surface area contributed by atoms with Gasteiger partial charge in [0.15, 0.2) is 5.69 Å². The normalized spacial score (nSPS) is 15.8. The Bertz CT molecular complexity index is 530. The van der Waals surface area contributed by atoms with E-state index >= 15 is 0 Å². The summed E-state index contributed by atoms with van der Waals surface area (Å²) in [5.74, 6) is 0. The van der Waals surface area contributed by atoms with Gasteiger partial charge in [0.25, 0.3) is 0 Å². The van der Waals surface area contributed by atoms with E-state index in [4.69, 9.17) is 5.21 Å². The maximum Gasteiger partial charge on any atom is 0.169 e. The van der Waals surface area contributed by atoms with Crippen molar-refractivity contribution in [1.82, 2.24) is 0 Å². The van der Waals surface area contributed by atoms with Crippen LogP contribution < -0.4 is 5.23 Å². The second-order valence-electron chi connectivity index (χ2n) is 4.19. The summed E-state index contributed by atoms with van der Waals surface area (Å²) >= 11 is 0. The van der Waals surface area contributed by atoms with Crippen LogP contribution in [-0.4, -0.2) is 15.4 Å². The van der Waals surface area contributed by atoms with Gasteiger partial charge < -0.3 is 15.4 Å². The molecule has 0 aliphatic carbocycles. The Labute approximate surface area is 110 Å². The lowest BCUT2D eigenvalue weighted by Crippen LogP contribution is -2.99. The Hall–Kier alpha value is -1.76. The molecule has 0 aliphatic heterocycles. The fourth-order valence-electron chi connectivity index (χ4n) is 1.95. The van der Waals surface area contributed by atoms with E-state index in [1.807, 2.05) is 0 Å². The third kappa shape index (κ3) is 2.98. The molecule has 0 aliphatic rings. The van der Waals surface area contributed by atoms with Crippen molar-refractivity contribution in [2.24, 2.45) is 0 Å². The topological polar surface area (TPSA) is 88.2 Å². The second-order valence-corrected chi connectivity index (χ2v) is 4.19. The first-order valence-corrected chi connectivity index (χ1v) is 5.84. The lowest BCUT2D eigenvalue weighted by Gasteiger charge is -2.22. The van der Waals surface area contributed by atoms with Gasteiger partial charge >= 0.3 is 0 Å². The largest absolute Gasteiger partial charge is 0.595 e. The molecule has 0 saturated carbocycles. The van der Waals surface area contributed by atoms with Gasteiger partial charge in [-0.05, 0) is 5.56 Å². The molecular weight excluding hydrogens is 246 g/mol. The van der Waals surface area contributed by atoms with Gasteiger partial charge in [-0.15, -0.1) is 0 Å². The van der Waals surface area contributed by atoms with Gasteiger partial charge in [-0.25, -0.2) is 5.21 Å². The highest BCUT2D eigenvalue weighted by Gasteiger charge is 2.24. The Morgan fingerprint density at radius 2 is 1.42 bits per heavy atom. The van der Waals surface area contributed by atoms with Gasteiger partial charge in [0.05, 0.1) is 0 Å². The molecule has 2 aromatic carbocycles. The minimum atomic E-state index is -1.28. The van der Waals surface area contributed by atoms with Crippen LogP contribution in [0.5, 0.6) is 0 Å². The van der Waals surface area contributed by atoms with Crippen LogP contribution in [-0.2, 0) is 0 Å². The van der Waals surface area contributed by atoms with E-state index < -0.39 is 17.4 Å². The molecule has 0 bridgehead atoms. The first kappa shape index (κ1) is 13.7. The van der Waals surface area contributed by atoms with Crippen molar-refractivity contribution in [3.05, 3.63) is 70.9 Å². The van der Waals surface area contributed by atoms with Crippen LogP contribution in [0.1, 0.15) is 23.3 Å². The zero-order valence-electron chi connectivity index (χ0n) is 10.1. The van der Waals surface area contributed by atoms with E-state index in [2.05, 4.69) is 0 Å². The third-order valence-corrected chi connectivity index (χ3v) is 2.95. The quantitative estimate of drug-likeness (QED) is 0.615. The summed E-state index contributed by atoms with van der Waals surface area (Å²) in [4.78, 5) is 0. The number of nitrogens with one attached hydrogen (secondary N) is 1. The molecule has 4 N–H and O–H groups in total. The van der Waals surface area contributed by atoms with Crippen molar-refractivity contribution in [2.75, 3.05) is 0 Å². The summed E-state index contributed by atoms with van der Waals surface area (Å²) in [6, 6.07) is 14.8. The number of rotatable bonds is 4. The van der Waals surface area contributed by atoms with E-state index in [1.165, 1.54) is 12.1 Å². The lowest BCUT2D eigenvalue weighted by atomic mass is 9.97. The first-order chi connectivity index (χ1) is 9.11. The molecule has 0 amide bonds. The third-order valence-electron chi connectivity index (χ3n) is 2.95. The van der Waals surface area contributed by atoms with Crippen LogP contribution in [0.4, 0.5) is 5.69 Å². The fourth-order valence-corrected chi connectivity index (χ4v) is 1.95. The van der Waals surface area contributed by atoms with Gasteiger partial charge in [0.2, 0.25) is 0 Å². The molecule has 19 heavy (non-hydrogen) atoms. The van der Waals surface area contributed by atoms with E-state index in [9.17, 15) is 15.4 Å². The van der Waals surface area contributed by atoms with Gasteiger partial charge in [0, 0.05) is 11.6 Å². The van der Waals surface area contributed by atoms with Gasteiger partial charge in [-0.1, -0.05) is 48.5 Å². The highest BCUT2D eigenvalue weighted by Crippen LogP contribution is 2.31. The van der Waals surface area contributed by atoms with Gasteiger partial charge in [-0.2, -0.15) is 5.23 Å². The average molecular weight is 261 g/mol. The maximum atomic E-state index is 11.1. The number of benzene rings is 2. The highest BCUT2D eigenvalue weighted by molar-refractivity contribution is 5.42. The zero-order valence-corrected chi connectivity index (χ0v) is 10.1. The summed E-state index contributed by atoms with van der Waals surface area (Å²) in [6.07, 6.45) is -2.45. The Balaban J connectivity index is 2.32. The standard InChI is InChI=1S/C14H15NO4/c16-13(10-6-2-1-3-7-10)14(17)11-8-4-5-9-12(11)15(18)19/h1-9,13-18H/t13-,14+/m1/s1. The van der Waals surface area contributed by atoms with Crippen molar-refractivity contribution in [1.29, 1.82) is 0 Å². The minimum Gasteiger partial charge on any atom is -0.595 e. The molecule has 3 atom stereocenters. The first-order valence-electron chi connectivity index (χ1n) is 5.84. The molecular formula is C14H15NO4. The van der Waals surface area contributed by atoms with E-state index in [-0.39, 0.29) is 11.3 Å². The highest BCUT2D eigenvalue weighted by atomic mass is 16.8. The van der Waals surface area contributed by atoms with Crippen molar-refractivity contribution < 1.29 is 20.6 Å². The van der Waals surface area contributed by atoms with E-state index in [0.29, 0.717) is 5.56 Å². The van der Waals surface area contributed by atoms with Crippen molar-refractivity contribution in [3.8, 4) is 0 Å². The SMILES string of the molecule is [O-][NH+](O)c1ccccc1[C@H](O)[C@H](O)c1ccccc1. The van der Waals surface area contributed by atoms with Gasteiger partial charge in [0.1, 0.15) is 12.2 Å². The Morgan fingerprint density at radius 3 is 2.05 bits per heavy atom. The molecule has 5 nitrogen and oxygen atoms in total. The summed E-state index contributed by atoms with van der Waals surface area (Å²) < 4.78 is 0. The van der Waals surface area contributed by atoms with Crippen LogP contribution >= 0.6 is 0 Å². The fraction of sp³-hybridized carbons (Fsp3) is 0.143. The van der Waals surface area contributed by atoms with Crippen molar-refractivity contribution in [3.63, 3.8) is 0 Å². The molecule has 2 aromatic rings. The molecule has 1 unspecified atom stereocenters. The second kappa shape index (κ2) is 5.92. The maximum absolute atomic E-state index is 11.1. The molecule has 0 radical (unpaired) electrons. The van der Waals surface area contributed by atoms with E-state index in [1.54, 1.807) is 42.5 Å². The number of quaternary nitrogens is 1. The zero-order chi connectivity index (χ0) is 13.8. The lowest BCUT2D eigenvalue weighted by molar-refractivity contribution is -0.991. The monoisotopic (exact) mass is 261 g/mol. The summed E-state index contributed by atoms with van der Waals surface area (Å²) in [5, 5.41) is 39.3. The van der Waals surface area contributed by atoms with Crippen molar-refractivity contribution in [2.45, 2.75) is 12.2 Å². The summed E-state index contributed by atoms with van der Waals surface area (Å²) in [7, 11) is 0. The Morgan fingerprint density at radius 1 is 0.842 bits per heavy atom. The smallest absolute Gasteiger partial charge is 0.169 e. The van der Waals surface area contributed by atoms with Crippen LogP contribution in [0.25, 0.3) is 0 Å². The average Bonchev–Trinajstić information content (AvgIpc) is 2.46. The number of hydrogen-bond donors (Lipinski definition) is 4. The summed E-state index contributed by atoms with van der Waals surface area (Å²) in [5.41, 5.74) is 0.728. The molecule has 2 rings (SSSR count). The summed E-state index contributed by atoms with van der Waals surface area (Å²) in [6.45, 7) is 0. The predicted octanol–water partition coefficient (Wildman–Crippen LogP) is 0.857. The van der Waals surface area contributed by atoms with Crippen LogP contribution in [0.15, 0.2) is 54.6 Å². The predicted molar refractivity (Wildman–Crippen MR) is 68.6 cm³/mol. The number of para-hydroxylation sites is 1. The number of aliphatic hydroxyl groups is 2. The number of hydrogen-bond acceptors (Lipinski definition) is 4. The van der Waals surface area contributed by atoms with Crippen LogP contribution in [0, 0.1) is 5.21 Å². The van der Waals surface area contributed by atoms with Crippen molar-refractivity contribution >= 4 is 5.69 Å². The molecule has 5 heteroatoms. The van der Waals surface area contributed by atoms with Gasteiger partial charge in [-0.3, -0.25) is 0 Å². The molecule has 0 aromatic heterocycles.